The quantitative estimate of drug-likeness (QED) is 0.824. The van der Waals surface area contributed by atoms with E-state index in [2.05, 4.69) is 54.6 Å². The van der Waals surface area contributed by atoms with Crippen molar-refractivity contribution >= 4 is 5.96 Å². The van der Waals surface area contributed by atoms with Crippen LogP contribution in [0.25, 0.3) is 0 Å². The molecule has 0 amide bonds. The molecule has 1 unspecified atom stereocenters. The first-order chi connectivity index (χ1) is 9.17. The second kappa shape index (κ2) is 5.47. The van der Waals surface area contributed by atoms with Gasteiger partial charge in [-0.2, -0.15) is 0 Å². The minimum Gasteiger partial charge on any atom is -0.370 e. The van der Waals surface area contributed by atoms with E-state index in [-0.39, 0.29) is 5.54 Å². The van der Waals surface area contributed by atoms with Gasteiger partial charge in [0.25, 0.3) is 0 Å². The van der Waals surface area contributed by atoms with Crippen LogP contribution in [-0.2, 0) is 12.0 Å². The Kier molecular flexibility index (Phi) is 3.93. The predicted octanol–water partition coefficient (Wildman–Crippen LogP) is 2.67. The number of hydrogen-bond donors (Lipinski definition) is 1. The molecule has 1 heterocycles. The van der Waals surface area contributed by atoms with Crippen molar-refractivity contribution in [3.8, 4) is 0 Å². The van der Waals surface area contributed by atoms with Crippen LogP contribution >= 0.6 is 0 Å². The van der Waals surface area contributed by atoms with Gasteiger partial charge in [-0.15, -0.1) is 6.58 Å². The van der Waals surface area contributed by atoms with E-state index in [0.717, 1.165) is 25.9 Å². The van der Waals surface area contributed by atoms with Gasteiger partial charge in [-0.1, -0.05) is 44.2 Å². The van der Waals surface area contributed by atoms with E-state index in [4.69, 9.17) is 5.73 Å². The molecule has 102 valence electrons. The average Bonchev–Trinajstić information content (AvgIpc) is 2.78. The number of guanidine groups is 1. The number of nitrogens with two attached hydrogens (primary N) is 1. The summed E-state index contributed by atoms with van der Waals surface area (Å²) in [4.78, 5) is 6.62. The molecule has 1 aromatic rings. The van der Waals surface area contributed by atoms with Crippen molar-refractivity contribution in [2.75, 3.05) is 13.1 Å². The lowest BCUT2D eigenvalue weighted by Gasteiger charge is -2.38. The molecular formula is C16H23N3. The van der Waals surface area contributed by atoms with E-state index < -0.39 is 0 Å². The third-order valence-electron chi connectivity index (χ3n) is 4.09. The zero-order valence-corrected chi connectivity index (χ0v) is 11.9. The minimum absolute atomic E-state index is 0.107. The number of aliphatic imine (C=N–C) groups is 1. The largest absolute Gasteiger partial charge is 0.370 e. The average molecular weight is 257 g/mol. The summed E-state index contributed by atoms with van der Waals surface area (Å²) in [6, 6.07) is 8.83. The normalized spacial score (nSPS) is 22.4. The van der Waals surface area contributed by atoms with Gasteiger partial charge in [0.1, 0.15) is 0 Å². The first kappa shape index (κ1) is 13.7. The van der Waals surface area contributed by atoms with E-state index in [1.54, 1.807) is 0 Å². The molecule has 2 N–H and O–H groups in total. The molecule has 2 rings (SSSR count). The van der Waals surface area contributed by atoms with Crippen molar-refractivity contribution in [1.82, 2.24) is 4.90 Å². The second-order valence-electron chi connectivity index (χ2n) is 5.01. The molecule has 1 atom stereocenters. The Hall–Kier alpha value is -1.77. The highest BCUT2D eigenvalue weighted by Gasteiger charge is 2.41. The van der Waals surface area contributed by atoms with Crippen molar-refractivity contribution in [3.63, 3.8) is 0 Å². The van der Waals surface area contributed by atoms with E-state index in [9.17, 15) is 0 Å². The first-order valence-electron chi connectivity index (χ1n) is 6.95. The van der Waals surface area contributed by atoms with Crippen LogP contribution in [0.15, 0.2) is 41.9 Å². The maximum Gasteiger partial charge on any atom is 0.192 e. The molecule has 0 aliphatic carbocycles. The van der Waals surface area contributed by atoms with Crippen LogP contribution in [0.3, 0.4) is 0 Å². The molecule has 0 saturated carbocycles. The maximum absolute atomic E-state index is 6.04. The number of aryl methyl sites for hydroxylation is 1. The number of rotatable bonds is 5. The standard InChI is InChI=1S/C16H23N3/c1-4-11-19-15(17)18-12-16(19,6-3)14-9-7-13(5-2)8-10-14/h4,7-10H,1,5-6,11-12H2,2-3H3,(H2,17,18). The Labute approximate surface area is 115 Å². The SMILES string of the molecule is C=CCN1C(N)=NCC1(CC)c1ccc(CC)cc1. The van der Waals surface area contributed by atoms with Gasteiger partial charge in [-0.05, 0) is 24.0 Å². The van der Waals surface area contributed by atoms with Crippen LogP contribution in [0.1, 0.15) is 31.4 Å². The summed E-state index contributed by atoms with van der Waals surface area (Å²) in [5, 5.41) is 0. The molecule has 0 aromatic heterocycles. The van der Waals surface area contributed by atoms with Crippen molar-refractivity contribution in [2.24, 2.45) is 10.7 Å². The van der Waals surface area contributed by atoms with Gasteiger partial charge in [-0.25, -0.2) is 0 Å². The Morgan fingerprint density at radius 2 is 2.05 bits per heavy atom. The molecular weight excluding hydrogens is 234 g/mol. The Morgan fingerprint density at radius 3 is 2.58 bits per heavy atom. The van der Waals surface area contributed by atoms with Crippen molar-refractivity contribution < 1.29 is 0 Å². The fraction of sp³-hybridized carbons (Fsp3) is 0.438. The molecule has 0 saturated heterocycles. The lowest BCUT2D eigenvalue weighted by molar-refractivity contribution is 0.211. The monoisotopic (exact) mass is 257 g/mol. The lowest BCUT2D eigenvalue weighted by atomic mass is 9.85. The molecule has 0 radical (unpaired) electrons. The van der Waals surface area contributed by atoms with Crippen LogP contribution in [-0.4, -0.2) is 23.9 Å². The maximum atomic E-state index is 6.04. The molecule has 3 nitrogen and oxygen atoms in total. The molecule has 0 spiro atoms. The zero-order valence-electron chi connectivity index (χ0n) is 11.9. The van der Waals surface area contributed by atoms with Gasteiger partial charge in [-0.3, -0.25) is 4.99 Å². The smallest absolute Gasteiger partial charge is 0.192 e. The van der Waals surface area contributed by atoms with Gasteiger partial charge in [0.15, 0.2) is 5.96 Å². The van der Waals surface area contributed by atoms with Crippen molar-refractivity contribution in [3.05, 3.63) is 48.0 Å². The first-order valence-corrected chi connectivity index (χ1v) is 6.95. The molecule has 19 heavy (non-hydrogen) atoms. The van der Waals surface area contributed by atoms with Crippen LogP contribution in [0.2, 0.25) is 0 Å². The summed E-state index contributed by atoms with van der Waals surface area (Å²) >= 11 is 0. The number of benzene rings is 1. The summed E-state index contributed by atoms with van der Waals surface area (Å²) < 4.78 is 0. The van der Waals surface area contributed by atoms with Gasteiger partial charge < -0.3 is 10.6 Å². The Morgan fingerprint density at radius 1 is 1.37 bits per heavy atom. The van der Waals surface area contributed by atoms with Gasteiger partial charge in [0.05, 0.1) is 12.1 Å². The molecule has 1 aromatic carbocycles. The van der Waals surface area contributed by atoms with Crippen LogP contribution in [0.5, 0.6) is 0 Å². The molecule has 0 fully saturated rings. The summed E-state index contributed by atoms with van der Waals surface area (Å²) in [5.74, 6) is 0.626. The highest BCUT2D eigenvalue weighted by atomic mass is 15.4. The highest BCUT2D eigenvalue weighted by Crippen LogP contribution is 2.36. The summed E-state index contributed by atoms with van der Waals surface area (Å²) in [7, 11) is 0. The summed E-state index contributed by atoms with van der Waals surface area (Å²) in [6.45, 7) is 9.66. The summed E-state index contributed by atoms with van der Waals surface area (Å²) in [6.07, 6.45) is 3.93. The van der Waals surface area contributed by atoms with Crippen LogP contribution in [0, 0.1) is 0 Å². The summed E-state index contributed by atoms with van der Waals surface area (Å²) in [5.41, 5.74) is 8.58. The fourth-order valence-electron chi connectivity index (χ4n) is 2.80. The highest BCUT2D eigenvalue weighted by molar-refractivity contribution is 5.81. The van der Waals surface area contributed by atoms with Gasteiger partial charge in [0.2, 0.25) is 0 Å². The Balaban J connectivity index is 2.38. The number of hydrogen-bond acceptors (Lipinski definition) is 3. The van der Waals surface area contributed by atoms with Crippen LogP contribution in [0.4, 0.5) is 0 Å². The zero-order chi connectivity index (χ0) is 13.9. The topological polar surface area (TPSA) is 41.6 Å². The van der Waals surface area contributed by atoms with E-state index >= 15 is 0 Å². The third kappa shape index (κ3) is 2.25. The third-order valence-corrected chi connectivity index (χ3v) is 4.09. The van der Waals surface area contributed by atoms with E-state index in [1.807, 2.05) is 6.08 Å². The Bertz CT molecular complexity index is 475. The second-order valence-corrected chi connectivity index (χ2v) is 5.01. The molecule has 1 aliphatic rings. The van der Waals surface area contributed by atoms with Crippen molar-refractivity contribution in [2.45, 2.75) is 32.2 Å². The van der Waals surface area contributed by atoms with Gasteiger partial charge >= 0.3 is 0 Å². The fourth-order valence-corrected chi connectivity index (χ4v) is 2.80. The molecule has 3 heteroatoms. The van der Waals surface area contributed by atoms with Crippen LogP contribution < -0.4 is 5.73 Å². The molecule has 0 bridgehead atoms. The lowest BCUT2D eigenvalue weighted by Crippen LogP contribution is -2.49. The predicted molar refractivity (Wildman–Crippen MR) is 81.2 cm³/mol. The van der Waals surface area contributed by atoms with E-state index in [1.165, 1.54) is 11.1 Å². The van der Waals surface area contributed by atoms with Gasteiger partial charge in [0, 0.05) is 6.54 Å². The van der Waals surface area contributed by atoms with Crippen molar-refractivity contribution in [1.29, 1.82) is 0 Å². The number of nitrogens with zero attached hydrogens (tertiary/aromatic N) is 2. The van der Waals surface area contributed by atoms with E-state index in [0.29, 0.717) is 5.96 Å². The molecule has 1 aliphatic heterocycles. The minimum atomic E-state index is -0.107.